The Morgan fingerprint density at radius 1 is 0.803 bits per heavy atom. The van der Waals surface area contributed by atoms with Gasteiger partial charge in [0.05, 0.1) is 35.4 Å². The van der Waals surface area contributed by atoms with Crippen molar-refractivity contribution in [3.63, 3.8) is 0 Å². The van der Waals surface area contributed by atoms with Gasteiger partial charge in [0.15, 0.2) is 0 Å². The highest BCUT2D eigenvalue weighted by molar-refractivity contribution is 7.14. The summed E-state index contributed by atoms with van der Waals surface area (Å²) in [5.41, 5.74) is 23.7. The lowest BCUT2D eigenvalue weighted by Crippen LogP contribution is -2.55. The van der Waals surface area contributed by atoms with Crippen LogP contribution >= 0.6 is 22.7 Å². The highest BCUT2D eigenvalue weighted by Gasteiger charge is 2.33. The van der Waals surface area contributed by atoms with Gasteiger partial charge in [-0.15, -0.1) is 22.7 Å². The van der Waals surface area contributed by atoms with Crippen LogP contribution < -0.4 is 60.2 Å². The summed E-state index contributed by atoms with van der Waals surface area (Å²) in [5, 5.41) is 36.1. The maximum Gasteiger partial charge on any atom is 0.271 e. The van der Waals surface area contributed by atoms with E-state index in [2.05, 4.69) is 67.1 Å². The molecule has 0 aliphatic carbocycles. The molecule has 71 heavy (non-hydrogen) atoms. The second-order valence-electron chi connectivity index (χ2n) is 16.7. The smallest absolute Gasteiger partial charge is 0.271 e. The van der Waals surface area contributed by atoms with E-state index in [1.54, 1.807) is 12.3 Å². The number of nitrogens with zero attached hydrogens (tertiary/aromatic N) is 5. The zero-order valence-electron chi connectivity index (χ0n) is 40.3. The highest BCUT2D eigenvalue weighted by atomic mass is 32.1. The van der Waals surface area contributed by atoms with E-state index >= 15 is 0 Å². The van der Waals surface area contributed by atoms with Crippen LogP contribution in [0.3, 0.4) is 0 Å². The van der Waals surface area contributed by atoms with Crippen LogP contribution in [0.25, 0.3) is 10.7 Å². The van der Waals surface area contributed by atoms with Crippen molar-refractivity contribution in [2.75, 3.05) is 45.0 Å². The Kier molecular flexibility index (Phi) is 23.3. The number of unbranched alkanes of at least 4 members (excludes halogenated alkanes) is 1. The first-order chi connectivity index (χ1) is 33.9. The molecule has 6 atom stereocenters. The lowest BCUT2D eigenvalue weighted by molar-refractivity contribution is -0.134. The normalized spacial score (nSPS) is 13.8. The van der Waals surface area contributed by atoms with Gasteiger partial charge in [-0.1, -0.05) is 13.8 Å². The lowest BCUT2D eigenvalue weighted by atomic mass is 9.96. The number of rotatable bonds is 32. The van der Waals surface area contributed by atoms with E-state index in [4.69, 9.17) is 22.9 Å². The molecule has 4 aromatic heterocycles. The molecule has 0 aliphatic rings. The molecule has 0 radical (unpaired) electrons. The van der Waals surface area contributed by atoms with Gasteiger partial charge in [-0.05, 0) is 59.2 Å². The molecule has 0 saturated heterocycles. The Morgan fingerprint density at radius 2 is 1.56 bits per heavy atom. The maximum absolute atomic E-state index is 13.9. The maximum atomic E-state index is 13.9. The van der Waals surface area contributed by atoms with Crippen LogP contribution in [-0.2, 0) is 36.8 Å². The number of nitrogens with one attached hydrogen (secondary N) is 8. The van der Waals surface area contributed by atoms with E-state index < -0.39 is 71.6 Å². The fraction of sp³-hybridized carbons (Fsp3) is 0.545. The summed E-state index contributed by atoms with van der Waals surface area (Å²) < 4.78 is 0. The Labute approximate surface area is 419 Å². The zero-order chi connectivity index (χ0) is 52.0. The third-order valence-corrected chi connectivity index (χ3v) is 12.9. The number of thiazole rings is 2. The second kappa shape index (κ2) is 29.0. The number of nitrogens with two attached hydrogens (primary N) is 4. The van der Waals surface area contributed by atoms with Crippen molar-refractivity contribution >= 4 is 69.8 Å². The van der Waals surface area contributed by atoms with Gasteiger partial charge in [0.1, 0.15) is 45.8 Å². The number of carbonyl (C=O) groups excluding carboxylic acids is 7. The summed E-state index contributed by atoms with van der Waals surface area (Å²) in [6.45, 7) is 9.31. The summed E-state index contributed by atoms with van der Waals surface area (Å²) in [5.74, 6) is -5.47. The van der Waals surface area contributed by atoms with E-state index in [0.29, 0.717) is 41.6 Å². The van der Waals surface area contributed by atoms with Crippen LogP contribution in [0, 0.1) is 12.8 Å². The zero-order valence-corrected chi connectivity index (χ0v) is 42.0. The summed E-state index contributed by atoms with van der Waals surface area (Å²) in [6.07, 6.45) is 4.38. The number of imidazole rings is 1. The first-order valence-corrected chi connectivity index (χ1v) is 25.1. The Balaban J connectivity index is 1.30. The largest absolute Gasteiger partial charge is 0.390 e. The van der Waals surface area contributed by atoms with Crippen molar-refractivity contribution in [2.45, 2.75) is 109 Å². The van der Waals surface area contributed by atoms with Crippen molar-refractivity contribution in [3.8, 4) is 10.7 Å². The van der Waals surface area contributed by atoms with E-state index in [0.717, 1.165) is 37.4 Å². The molecule has 0 unspecified atom stereocenters. The van der Waals surface area contributed by atoms with Crippen LogP contribution in [0.1, 0.15) is 108 Å². The number of primary amides is 2. The van der Waals surface area contributed by atoms with Crippen LogP contribution in [0.2, 0.25) is 0 Å². The number of anilines is 1. The highest BCUT2D eigenvalue weighted by Crippen LogP contribution is 2.26. The standard InChI is InChI=1S/C44H67N17O8S2/c1-5-27(40(66)53-16-10-34-56-31(21-70-34)44-59-30(20-71-44)41(67)52-14-8-13-49-12-7-6-11-45)57-39(65)24(3)36(64)25(4)55-42(68)29(17-26-19-50-22-54-26)58-43(69)35-23(2)37(48)61-38(60-35)28(18-33(47)63)51-15-9-32(46)62/h19-22,24-25,27-29,36,49,51,64H,5-18,45H2,1-4H3,(H2,46,62)(H2,47,63)(H,50,54)(H,52,67)(H,53,66)(H,55,68)(H,57,65)(H,58,69)(H2,48,60,61)/t24-,25+,27-,28-,29-,36-/m0/s1. The quantitative estimate of drug-likeness (QED) is 0.0250. The number of hydrogen-bond donors (Lipinski definition) is 13. The molecule has 0 saturated carbocycles. The van der Waals surface area contributed by atoms with Crippen LogP contribution in [-0.4, -0.2) is 140 Å². The van der Waals surface area contributed by atoms with E-state index in [1.165, 1.54) is 56.0 Å². The minimum Gasteiger partial charge on any atom is -0.390 e. The van der Waals surface area contributed by atoms with Gasteiger partial charge < -0.3 is 70.2 Å². The van der Waals surface area contributed by atoms with Crippen LogP contribution in [0.15, 0.2) is 23.3 Å². The van der Waals surface area contributed by atoms with Gasteiger partial charge in [0.2, 0.25) is 29.5 Å². The van der Waals surface area contributed by atoms with Crippen molar-refractivity contribution in [2.24, 2.45) is 23.1 Å². The third kappa shape index (κ3) is 18.3. The fourth-order valence-electron chi connectivity index (χ4n) is 6.92. The average molecular weight is 1030 g/mol. The first-order valence-electron chi connectivity index (χ1n) is 23.3. The molecular weight excluding hydrogens is 959 g/mol. The molecule has 4 rings (SSSR count). The van der Waals surface area contributed by atoms with Crippen molar-refractivity contribution < 1.29 is 38.7 Å². The number of H-pyrrole nitrogens is 1. The average Bonchev–Trinajstić information content (AvgIpc) is 4.15. The Morgan fingerprint density at radius 3 is 2.25 bits per heavy atom. The SMILES string of the molecule is CC[C@H](NC(=O)[C@@H](C)[C@H](O)[C@@H](C)NC(=O)[C@H](Cc1cnc[nH]1)NC(=O)c1nc([C@H](CC(N)=O)NCCC(N)=O)nc(N)c1C)C(=O)NCCc1nc(-c2nc(C(=O)NCCCNCCCCN)cs2)cs1. The monoisotopic (exact) mass is 1030 g/mol. The lowest BCUT2D eigenvalue weighted by Gasteiger charge is -2.28. The number of carbonyl (C=O) groups is 7. The number of nitrogen functional groups attached to an aromatic ring is 1. The van der Waals surface area contributed by atoms with Gasteiger partial charge in [-0.3, -0.25) is 33.6 Å². The van der Waals surface area contributed by atoms with Crippen LogP contribution in [0.5, 0.6) is 0 Å². The van der Waals surface area contributed by atoms with Crippen molar-refractivity contribution in [1.82, 2.24) is 67.1 Å². The number of amides is 7. The minimum absolute atomic E-state index is 0.0472. The van der Waals surface area contributed by atoms with Crippen molar-refractivity contribution in [3.05, 3.63) is 56.8 Å². The topological polar surface area (TPSA) is 408 Å². The van der Waals surface area contributed by atoms with Gasteiger partial charge in [0, 0.05) is 73.5 Å². The number of aliphatic hydroxyl groups excluding tert-OH is 1. The van der Waals surface area contributed by atoms with Gasteiger partial charge in [-0.25, -0.2) is 24.9 Å². The summed E-state index contributed by atoms with van der Waals surface area (Å²) in [7, 11) is 0. The number of aliphatic hydroxyl groups is 1. The predicted molar refractivity (Wildman–Crippen MR) is 266 cm³/mol. The molecule has 25 nitrogen and oxygen atoms in total. The molecule has 388 valence electrons. The van der Waals surface area contributed by atoms with Crippen molar-refractivity contribution in [1.29, 1.82) is 0 Å². The number of hydrogen-bond acceptors (Lipinski definition) is 19. The molecule has 0 aliphatic heterocycles. The number of aromatic nitrogens is 6. The first kappa shape index (κ1) is 57.1. The molecule has 4 aromatic rings. The molecular formula is C44H67N17O8S2. The van der Waals surface area contributed by atoms with Gasteiger partial charge in [-0.2, -0.15) is 0 Å². The molecule has 0 bridgehead atoms. The summed E-state index contributed by atoms with van der Waals surface area (Å²) in [4.78, 5) is 115. The Bertz CT molecular complexity index is 2400. The molecule has 17 N–H and O–H groups in total. The second-order valence-corrected chi connectivity index (χ2v) is 18.5. The molecule has 0 spiro atoms. The van der Waals surface area contributed by atoms with Gasteiger partial charge >= 0.3 is 0 Å². The minimum atomic E-state index is -1.44. The molecule has 0 fully saturated rings. The third-order valence-electron chi connectivity index (χ3n) is 11.1. The number of aromatic amines is 1. The van der Waals surface area contributed by atoms with E-state index in [-0.39, 0.29) is 67.6 Å². The molecule has 0 aromatic carbocycles. The Hall–Kier alpha value is -6.52. The molecule has 4 heterocycles. The molecule has 27 heteroatoms. The van der Waals surface area contributed by atoms with Crippen LogP contribution in [0.4, 0.5) is 5.82 Å². The fourth-order valence-corrected chi connectivity index (χ4v) is 8.54. The van der Waals surface area contributed by atoms with Gasteiger partial charge in [0.25, 0.3) is 11.8 Å². The summed E-state index contributed by atoms with van der Waals surface area (Å²) in [6, 6.07) is -4.18. The predicted octanol–water partition coefficient (Wildman–Crippen LogP) is -1.40. The summed E-state index contributed by atoms with van der Waals surface area (Å²) >= 11 is 2.70. The molecule has 7 amide bonds. The van der Waals surface area contributed by atoms with E-state index in [9.17, 15) is 38.7 Å². The van der Waals surface area contributed by atoms with E-state index in [1.807, 2.05) is 5.38 Å².